The molecule has 7 heteroatoms. The van der Waals surface area contributed by atoms with Crippen molar-refractivity contribution in [2.45, 2.75) is 19.1 Å². The molecular formula is C24H36N2O5. The highest BCUT2D eigenvalue weighted by molar-refractivity contribution is 5.43. The molecular weight excluding hydrogens is 396 g/mol. The summed E-state index contributed by atoms with van der Waals surface area (Å²) in [6, 6.07) is 13.3. The Morgan fingerprint density at radius 2 is 1.68 bits per heavy atom. The van der Waals surface area contributed by atoms with Crippen LogP contribution in [-0.2, 0) is 6.54 Å². The zero-order chi connectivity index (χ0) is 22.6. The number of rotatable bonds is 14. The molecule has 0 saturated carbocycles. The van der Waals surface area contributed by atoms with Gasteiger partial charge in [0.1, 0.15) is 24.2 Å². The number of ether oxygens (including phenoxy) is 4. The van der Waals surface area contributed by atoms with Gasteiger partial charge in [0.2, 0.25) is 0 Å². The van der Waals surface area contributed by atoms with Gasteiger partial charge in [-0.25, -0.2) is 0 Å². The van der Waals surface area contributed by atoms with Crippen LogP contribution in [0, 0.1) is 0 Å². The molecule has 0 aliphatic carbocycles. The third kappa shape index (κ3) is 9.04. The first-order valence-corrected chi connectivity index (χ1v) is 10.5. The van der Waals surface area contributed by atoms with Crippen LogP contribution in [0.4, 0.5) is 0 Å². The molecule has 2 aromatic rings. The number of methoxy groups -OCH3 is 2. The summed E-state index contributed by atoms with van der Waals surface area (Å²) in [4.78, 5) is 4.18. The third-order valence-corrected chi connectivity index (χ3v) is 4.69. The SMILES string of the molecule is COc1cccc(OCC(O)CN(C)Cc2ccc(OCCCN(C)C)c(OC)c2)c1. The Labute approximate surface area is 186 Å². The van der Waals surface area contributed by atoms with E-state index in [0.29, 0.717) is 25.4 Å². The summed E-state index contributed by atoms with van der Waals surface area (Å²) in [5.74, 6) is 2.87. The van der Waals surface area contributed by atoms with Gasteiger partial charge < -0.3 is 29.0 Å². The van der Waals surface area contributed by atoms with E-state index in [1.807, 2.05) is 62.4 Å². The minimum absolute atomic E-state index is 0.209. The predicted molar refractivity (Wildman–Crippen MR) is 122 cm³/mol. The Balaban J connectivity index is 1.81. The topological polar surface area (TPSA) is 63.6 Å². The van der Waals surface area contributed by atoms with E-state index in [0.717, 1.165) is 35.8 Å². The summed E-state index contributed by atoms with van der Waals surface area (Å²) in [7, 11) is 9.32. The molecule has 0 amide bonds. The van der Waals surface area contributed by atoms with E-state index < -0.39 is 6.10 Å². The Morgan fingerprint density at radius 1 is 0.903 bits per heavy atom. The van der Waals surface area contributed by atoms with Gasteiger partial charge in [0.05, 0.1) is 20.8 Å². The lowest BCUT2D eigenvalue weighted by molar-refractivity contribution is 0.0743. The van der Waals surface area contributed by atoms with Crippen LogP contribution >= 0.6 is 0 Å². The molecule has 2 rings (SSSR count). The van der Waals surface area contributed by atoms with Gasteiger partial charge in [-0.05, 0) is 57.4 Å². The van der Waals surface area contributed by atoms with Crippen LogP contribution < -0.4 is 18.9 Å². The fourth-order valence-corrected chi connectivity index (χ4v) is 3.16. The van der Waals surface area contributed by atoms with E-state index in [9.17, 15) is 5.11 Å². The normalized spacial score (nSPS) is 12.1. The van der Waals surface area contributed by atoms with Crippen molar-refractivity contribution in [2.24, 2.45) is 0 Å². The minimum Gasteiger partial charge on any atom is -0.497 e. The fourth-order valence-electron chi connectivity index (χ4n) is 3.16. The maximum atomic E-state index is 10.3. The average Bonchev–Trinajstić information content (AvgIpc) is 2.75. The molecule has 0 fully saturated rings. The lowest BCUT2D eigenvalue weighted by atomic mass is 10.2. The van der Waals surface area contributed by atoms with E-state index in [4.69, 9.17) is 18.9 Å². The van der Waals surface area contributed by atoms with E-state index in [2.05, 4.69) is 4.90 Å². The number of aliphatic hydroxyl groups excluding tert-OH is 1. The van der Waals surface area contributed by atoms with Crippen molar-refractivity contribution >= 4 is 0 Å². The van der Waals surface area contributed by atoms with Crippen LogP contribution in [0.5, 0.6) is 23.0 Å². The van der Waals surface area contributed by atoms with Crippen molar-refractivity contribution in [1.29, 1.82) is 0 Å². The van der Waals surface area contributed by atoms with Gasteiger partial charge in [0.25, 0.3) is 0 Å². The molecule has 7 nitrogen and oxygen atoms in total. The van der Waals surface area contributed by atoms with Crippen molar-refractivity contribution in [3.63, 3.8) is 0 Å². The van der Waals surface area contributed by atoms with Gasteiger partial charge in [0, 0.05) is 25.7 Å². The summed E-state index contributed by atoms with van der Waals surface area (Å²) >= 11 is 0. The molecule has 0 radical (unpaired) electrons. The maximum Gasteiger partial charge on any atom is 0.161 e. The van der Waals surface area contributed by atoms with Crippen LogP contribution in [0.3, 0.4) is 0 Å². The van der Waals surface area contributed by atoms with Gasteiger partial charge in [-0.3, -0.25) is 4.90 Å². The molecule has 0 aromatic heterocycles. The lowest BCUT2D eigenvalue weighted by Gasteiger charge is -2.21. The second-order valence-corrected chi connectivity index (χ2v) is 7.83. The minimum atomic E-state index is -0.614. The molecule has 31 heavy (non-hydrogen) atoms. The molecule has 0 aliphatic rings. The summed E-state index contributed by atoms with van der Waals surface area (Å²) in [6.07, 6.45) is 0.341. The highest BCUT2D eigenvalue weighted by Gasteiger charge is 2.12. The zero-order valence-electron chi connectivity index (χ0n) is 19.3. The number of hydrogen-bond donors (Lipinski definition) is 1. The van der Waals surface area contributed by atoms with Crippen LogP contribution in [-0.4, -0.2) is 82.7 Å². The van der Waals surface area contributed by atoms with Gasteiger partial charge >= 0.3 is 0 Å². The lowest BCUT2D eigenvalue weighted by Crippen LogP contribution is -2.32. The molecule has 1 atom stereocenters. The molecule has 0 saturated heterocycles. The Morgan fingerprint density at radius 3 is 2.39 bits per heavy atom. The first-order valence-electron chi connectivity index (χ1n) is 10.5. The first-order chi connectivity index (χ1) is 14.9. The van der Waals surface area contributed by atoms with Gasteiger partial charge in [0.15, 0.2) is 11.5 Å². The zero-order valence-corrected chi connectivity index (χ0v) is 19.3. The Hall–Kier alpha value is -2.48. The van der Waals surface area contributed by atoms with Gasteiger partial charge in [-0.2, -0.15) is 0 Å². The molecule has 0 heterocycles. The van der Waals surface area contributed by atoms with Crippen molar-refractivity contribution in [2.75, 3.05) is 61.7 Å². The smallest absolute Gasteiger partial charge is 0.161 e. The van der Waals surface area contributed by atoms with Gasteiger partial charge in [-0.15, -0.1) is 0 Å². The quantitative estimate of drug-likeness (QED) is 0.461. The van der Waals surface area contributed by atoms with Crippen LogP contribution in [0.25, 0.3) is 0 Å². The van der Waals surface area contributed by atoms with Crippen molar-refractivity contribution in [3.05, 3.63) is 48.0 Å². The van der Waals surface area contributed by atoms with Crippen molar-refractivity contribution < 1.29 is 24.1 Å². The monoisotopic (exact) mass is 432 g/mol. The van der Waals surface area contributed by atoms with Crippen molar-refractivity contribution in [1.82, 2.24) is 9.80 Å². The second kappa shape index (κ2) is 13.0. The molecule has 2 aromatic carbocycles. The molecule has 0 aliphatic heterocycles. The average molecular weight is 433 g/mol. The summed E-state index contributed by atoms with van der Waals surface area (Å²) < 4.78 is 22.2. The maximum absolute atomic E-state index is 10.3. The highest BCUT2D eigenvalue weighted by Crippen LogP contribution is 2.28. The Bertz CT molecular complexity index is 784. The molecule has 1 unspecified atom stereocenters. The second-order valence-electron chi connectivity index (χ2n) is 7.83. The molecule has 0 bridgehead atoms. The number of hydrogen-bond acceptors (Lipinski definition) is 7. The third-order valence-electron chi connectivity index (χ3n) is 4.69. The van der Waals surface area contributed by atoms with Crippen LogP contribution in [0.2, 0.25) is 0 Å². The standard InChI is InChI=1S/C24H36N2O5/c1-25(2)12-7-13-30-23-11-10-19(14-24(23)29-5)16-26(3)17-20(27)18-31-22-9-6-8-21(15-22)28-4/h6,8-11,14-15,20,27H,7,12-13,16-18H2,1-5H3. The Kier molecular flexibility index (Phi) is 10.4. The van der Waals surface area contributed by atoms with E-state index in [1.165, 1.54) is 0 Å². The van der Waals surface area contributed by atoms with Gasteiger partial charge in [-0.1, -0.05) is 12.1 Å². The van der Waals surface area contributed by atoms with E-state index in [1.54, 1.807) is 20.3 Å². The predicted octanol–water partition coefficient (Wildman–Crippen LogP) is 2.91. The number of aliphatic hydroxyl groups is 1. The summed E-state index contributed by atoms with van der Waals surface area (Å²) in [5, 5.41) is 10.3. The van der Waals surface area contributed by atoms with Crippen molar-refractivity contribution in [3.8, 4) is 23.0 Å². The number of benzene rings is 2. The summed E-state index contributed by atoms with van der Waals surface area (Å²) in [5.41, 5.74) is 1.08. The number of likely N-dealkylation sites (N-methyl/N-ethyl adjacent to an activating group) is 1. The summed E-state index contributed by atoms with van der Waals surface area (Å²) in [6.45, 7) is 2.99. The first kappa shape index (κ1) is 24.8. The van der Waals surface area contributed by atoms with Crippen LogP contribution in [0.15, 0.2) is 42.5 Å². The van der Waals surface area contributed by atoms with E-state index in [-0.39, 0.29) is 6.61 Å². The highest BCUT2D eigenvalue weighted by atomic mass is 16.5. The number of nitrogens with zero attached hydrogens (tertiary/aromatic N) is 2. The van der Waals surface area contributed by atoms with E-state index >= 15 is 0 Å². The van der Waals surface area contributed by atoms with Crippen LogP contribution in [0.1, 0.15) is 12.0 Å². The largest absolute Gasteiger partial charge is 0.497 e. The molecule has 1 N–H and O–H groups in total. The molecule has 0 spiro atoms. The fraction of sp³-hybridized carbons (Fsp3) is 0.500. The molecule has 172 valence electrons.